The predicted octanol–water partition coefficient (Wildman–Crippen LogP) is 2.14. The van der Waals surface area contributed by atoms with Crippen molar-refractivity contribution in [3.05, 3.63) is 0 Å². The van der Waals surface area contributed by atoms with Gasteiger partial charge in [0.1, 0.15) is 0 Å². The van der Waals surface area contributed by atoms with Crippen LogP contribution in [0.25, 0.3) is 0 Å². The molecule has 0 amide bonds. The normalized spacial score (nSPS) is 26.8. The molecule has 1 heterocycles. The molecule has 1 aliphatic heterocycles. The molecule has 0 aromatic rings. The highest BCUT2D eigenvalue weighted by atomic mass is 16.5. The van der Waals surface area contributed by atoms with E-state index in [-0.39, 0.29) is 0 Å². The van der Waals surface area contributed by atoms with Crippen LogP contribution < -0.4 is 0 Å². The van der Waals surface area contributed by atoms with E-state index in [4.69, 9.17) is 4.74 Å². The largest absolute Gasteiger partial charge is 0.377 e. The zero-order valence-electron chi connectivity index (χ0n) is 9.42. The van der Waals surface area contributed by atoms with Crippen LogP contribution in [-0.4, -0.2) is 36.7 Å². The average molecular weight is 185 g/mol. The summed E-state index contributed by atoms with van der Waals surface area (Å²) >= 11 is 0. The number of rotatable bonds is 2. The first-order valence-corrected chi connectivity index (χ1v) is 5.47. The molecule has 1 unspecified atom stereocenters. The van der Waals surface area contributed by atoms with Crippen molar-refractivity contribution < 1.29 is 4.74 Å². The van der Waals surface area contributed by atoms with Gasteiger partial charge in [0.25, 0.3) is 0 Å². The van der Waals surface area contributed by atoms with Gasteiger partial charge in [-0.25, -0.2) is 0 Å². The summed E-state index contributed by atoms with van der Waals surface area (Å²) in [5, 5.41) is 0. The fraction of sp³-hybridized carbons (Fsp3) is 1.00. The summed E-state index contributed by atoms with van der Waals surface area (Å²) in [6, 6.07) is 0.662. The highest BCUT2D eigenvalue weighted by Crippen LogP contribution is 2.15. The van der Waals surface area contributed by atoms with Crippen LogP contribution in [0, 0.1) is 5.92 Å². The molecule has 1 rings (SSSR count). The fourth-order valence-electron chi connectivity index (χ4n) is 1.85. The van der Waals surface area contributed by atoms with Crippen LogP contribution in [0.4, 0.5) is 0 Å². The van der Waals surface area contributed by atoms with Crippen molar-refractivity contribution in [2.45, 2.75) is 46.3 Å². The Morgan fingerprint density at radius 1 is 1.15 bits per heavy atom. The maximum atomic E-state index is 5.80. The second-order valence-corrected chi connectivity index (χ2v) is 4.57. The second-order valence-electron chi connectivity index (χ2n) is 4.57. The lowest BCUT2D eigenvalue weighted by Crippen LogP contribution is -2.33. The molecule has 0 saturated carbocycles. The van der Waals surface area contributed by atoms with Crippen molar-refractivity contribution in [2.24, 2.45) is 5.92 Å². The number of nitrogens with zero attached hydrogens (tertiary/aromatic N) is 1. The summed E-state index contributed by atoms with van der Waals surface area (Å²) in [4.78, 5) is 2.50. The van der Waals surface area contributed by atoms with Gasteiger partial charge in [0.15, 0.2) is 0 Å². The van der Waals surface area contributed by atoms with Crippen LogP contribution in [0.1, 0.15) is 34.1 Å². The first kappa shape index (κ1) is 11.0. The van der Waals surface area contributed by atoms with Crippen LogP contribution in [0.5, 0.6) is 0 Å². The second kappa shape index (κ2) is 4.97. The molecule has 0 N–H and O–H groups in total. The van der Waals surface area contributed by atoms with E-state index in [9.17, 15) is 0 Å². The molecule has 0 bridgehead atoms. The van der Waals surface area contributed by atoms with E-state index in [1.807, 2.05) is 0 Å². The Balaban J connectivity index is 2.39. The zero-order valence-corrected chi connectivity index (χ0v) is 9.42. The van der Waals surface area contributed by atoms with Gasteiger partial charge < -0.3 is 4.74 Å². The minimum Gasteiger partial charge on any atom is -0.377 e. The number of hydrogen-bond donors (Lipinski definition) is 0. The number of ether oxygens (including phenoxy) is 1. The van der Waals surface area contributed by atoms with Gasteiger partial charge in [-0.15, -0.1) is 0 Å². The molecule has 2 nitrogen and oxygen atoms in total. The lowest BCUT2D eigenvalue weighted by molar-refractivity contribution is 0.0307. The summed E-state index contributed by atoms with van der Waals surface area (Å²) in [6.07, 6.45) is 1.67. The van der Waals surface area contributed by atoms with Crippen LogP contribution in [0.2, 0.25) is 0 Å². The molecule has 1 aliphatic rings. The van der Waals surface area contributed by atoms with E-state index in [2.05, 4.69) is 32.6 Å². The predicted molar refractivity (Wildman–Crippen MR) is 55.9 cm³/mol. The van der Waals surface area contributed by atoms with Gasteiger partial charge in [-0.05, 0) is 26.2 Å². The van der Waals surface area contributed by atoms with Crippen molar-refractivity contribution in [1.82, 2.24) is 4.90 Å². The van der Waals surface area contributed by atoms with Gasteiger partial charge in [-0.1, -0.05) is 13.8 Å². The Bertz CT molecular complexity index is 129. The topological polar surface area (TPSA) is 12.5 Å². The first-order valence-electron chi connectivity index (χ1n) is 5.47. The Morgan fingerprint density at radius 3 is 2.38 bits per heavy atom. The first-order chi connectivity index (χ1) is 6.11. The lowest BCUT2D eigenvalue weighted by Gasteiger charge is -2.23. The quantitative estimate of drug-likeness (QED) is 0.653. The Labute approximate surface area is 82.3 Å². The van der Waals surface area contributed by atoms with Gasteiger partial charge in [0.05, 0.1) is 12.7 Å². The molecule has 13 heavy (non-hydrogen) atoms. The highest BCUT2D eigenvalue weighted by molar-refractivity contribution is 4.72. The summed E-state index contributed by atoms with van der Waals surface area (Å²) in [5.41, 5.74) is 0. The molecule has 78 valence electrons. The number of hydrogen-bond acceptors (Lipinski definition) is 2. The van der Waals surface area contributed by atoms with Crippen LogP contribution in [0.3, 0.4) is 0 Å². The molecule has 0 spiro atoms. The molecule has 1 atom stereocenters. The Kier molecular flexibility index (Phi) is 4.20. The summed E-state index contributed by atoms with van der Waals surface area (Å²) in [6.45, 7) is 12.2. The highest BCUT2D eigenvalue weighted by Gasteiger charge is 2.20. The van der Waals surface area contributed by atoms with E-state index in [1.165, 1.54) is 13.0 Å². The maximum Gasteiger partial charge on any atom is 0.0610 e. The maximum absolute atomic E-state index is 5.80. The van der Waals surface area contributed by atoms with Crippen molar-refractivity contribution in [3.63, 3.8) is 0 Å². The molecule has 0 aromatic carbocycles. The van der Waals surface area contributed by atoms with Gasteiger partial charge in [-0.2, -0.15) is 0 Å². The van der Waals surface area contributed by atoms with E-state index >= 15 is 0 Å². The van der Waals surface area contributed by atoms with E-state index in [0.29, 0.717) is 18.1 Å². The monoisotopic (exact) mass is 185 g/mol. The van der Waals surface area contributed by atoms with Crippen molar-refractivity contribution in [3.8, 4) is 0 Å². The van der Waals surface area contributed by atoms with Crippen LogP contribution >= 0.6 is 0 Å². The Morgan fingerprint density at radius 2 is 1.85 bits per heavy atom. The molecule has 0 aliphatic carbocycles. The third kappa shape index (κ3) is 3.28. The Hall–Kier alpha value is -0.0800. The van der Waals surface area contributed by atoms with Gasteiger partial charge in [0, 0.05) is 19.1 Å². The van der Waals surface area contributed by atoms with Crippen molar-refractivity contribution in [2.75, 3.05) is 19.7 Å². The van der Waals surface area contributed by atoms with Crippen molar-refractivity contribution in [1.29, 1.82) is 0 Å². The minimum atomic E-state index is 0.476. The average Bonchev–Trinajstić information content (AvgIpc) is 2.27. The van der Waals surface area contributed by atoms with E-state index in [1.54, 1.807) is 0 Å². The molecule has 1 saturated heterocycles. The third-order valence-electron chi connectivity index (χ3n) is 2.89. The van der Waals surface area contributed by atoms with Gasteiger partial charge in [-0.3, -0.25) is 4.90 Å². The standard InChI is InChI=1S/C11H23NO/c1-9(2)11-5-6-12(10(3)4)7-8-13-11/h9-11H,5-8H2,1-4H3. The molecule has 1 fully saturated rings. The molecule has 0 radical (unpaired) electrons. The van der Waals surface area contributed by atoms with Crippen LogP contribution in [0.15, 0.2) is 0 Å². The molecule has 0 aromatic heterocycles. The van der Waals surface area contributed by atoms with Crippen LogP contribution in [-0.2, 0) is 4.74 Å². The molecular formula is C11H23NO. The lowest BCUT2D eigenvalue weighted by atomic mass is 10.0. The molecule has 2 heteroatoms. The minimum absolute atomic E-state index is 0.476. The zero-order chi connectivity index (χ0) is 9.84. The van der Waals surface area contributed by atoms with Crippen molar-refractivity contribution >= 4 is 0 Å². The third-order valence-corrected chi connectivity index (χ3v) is 2.89. The smallest absolute Gasteiger partial charge is 0.0610 e. The SMILES string of the molecule is CC(C)C1CCN(C(C)C)CCO1. The van der Waals surface area contributed by atoms with Gasteiger partial charge in [0.2, 0.25) is 0 Å². The van der Waals surface area contributed by atoms with E-state index < -0.39 is 0 Å². The van der Waals surface area contributed by atoms with E-state index in [0.717, 1.165) is 13.2 Å². The summed E-state index contributed by atoms with van der Waals surface area (Å²) < 4.78 is 5.80. The molecular weight excluding hydrogens is 162 g/mol. The summed E-state index contributed by atoms with van der Waals surface area (Å²) in [5.74, 6) is 0.659. The van der Waals surface area contributed by atoms with Gasteiger partial charge >= 0.3 is 0 Å². The summed E-state index contributed by atoms with van der Waals surface area (Å²) in [7, 11) is 0. The fourth-order valence-corrected chi connectivity index (χ4v) is 1.85.